The van der Waals surface area contributed by atoms with Crippen LogP contribution in [-0.4, -0.2) is 43.7 Å². The first kappa shape index (κ1) is 18.5. The largest absolute Gasteiger partial charge is 0.379 e. The summed E-state index contributed by atoms with van der Waals surface area (Å²) in [6.45, 7) is 2.83. The van der Waals surface area contributed by atoms with Crippen LogP contribution < -0.4 is 10.0 Å². The SMILES string of the molecule is CCc1noc(CNS(=O)(=O)c2cccc(C(=O)N[C@H]3CCOC3)c2)n1. The van der Waals surface area contributed by atoms with Crippen LogP contribution in [-0.2, 0) is 27.7 Å². The highest BCUT2D eigenvalue weighted by Crippen LogP contribution is 2.13. The molecule has 2 aromatic rings. The van der Waals surface area contributed by atoms with Crippen LogP contribution in [0.2, 0.25) is 0 Å². The van der Waals surface area contributed by atoms with Crippen molar-refractivity contribution in [2.45, 2.75) is 37.2 Å². The van der Waals surface area contributed by atoms with Crippen LogP contribution in [0, 0.1) is 0 Å². The summed E-state index contributed by atoms with van der Waals surface area (Å²) in [6, 6.07) is 5.79. The number of benzene rings is 1. The van der Waals surface area contributed by atoms with Gasteiger partial charge < -0.3 is 14.6 Å². The Morgan fingerprint density at radius 3 is 2.92 bits per heavy atom. The predicted octanol–water partition coefficient (Wildman–Crippen LogP) is 0.629. The number of hydrogen-bond donors (Lipinski definition) is 2. The van der Waals surface area contributed by atoms with Crippen LogP contribution in [0.5, 0.6) is 0 Å². The summed E-state index contributed by atoms with van der Waals surface area (Å²) >= 11 is 0. The van der Waals surface area contributed by atoms with E-state index in [0.29, 0.717) is 25.5 Å². The number of aromatic nitrogens is 2. The van der Waals surface area contributed by atoms with Crippen molar-refractivity contribution in [1.29, 1.82) is 0 Å². The number of amides is 1. The minimum absolute atomic E-state index is 0.0111. The van der Waals surface area contributed by atoms with E-state index in [1.807, 2.05) is 6.92 Å². The maximum absolute atomic E-state index is 12.4. The van der Waals surface area contributed by atoms with Crippen LogP contribution in [0.4, 0.5) is 0 Å². The molecule has 3 rings (SSSR count). The molecule has 2 N–H and O–H groups in total. The molecule has 1 amide bonds. The molecule has 0 radical (unpaired) electrons. The zero-order chi connectivity index (χ0) is 18.6. The van der Waals surface area contributed by atoms with Gasteiger partial charge in [0.05, 0.1) is 24.1 Å². The Hall–Kier alpha value is -2.30. The number of nitrogens with zero attached hydrogens (tertiary/aromatic N) is 2. The van der Waals surface area contributed by atoms with Gasteiger partial charge in [-0.1, -0.05) is 18.1 Å². The Labute approximate surface area is 151 Å². The Balaban J connectivity index is 1.67. The molecule has 140 valence electrons. The van der Waals surface area contributed by atoms with Gasteiger partial charge in [-0.05, 0) is 24.6 Å². The lowest BCUT2D eigenvalue weighted by atomic mass is 10.2. The second-order valence-corrected chi connectivity index (χ2v) is 7.61. The van der Waals surface area contributed by atoms with Gasteiger partial charge in [-0.3, -0.25) is 4.79 Å². The highest BCUT2D eigenvalue weighted by Gasteiger charge is 2.21. The van der Waals surface area contributed by atoms with Crippen molar-refractivity contribution < 1.29 is 22.5 Å². The van der Waals surface area contributed by atoms with E-state index in [2.05, 4.69) is 20.2 Å². The van der Waals surface area contributed by atoms with Gasteiger partial charge in [0.2, 0.25) is 15.9 Å². The molecule has 26 heavy (non-hydrogen) atoms. The smallest absolute Gasteiger partial charge is 0.251 e. The summed E-state index contributed by atoms with van der Waals surface area (Å²) in [5.74, 6) is 0.358. The summed E-state index contributed by atoms with van der Waals surface area (Å²) in [4.78, 5) is 16.3. The third-order valence-electron chi connectivity index (χ3n) is 3.91. The van der Waals surface area contributed by atoms with Gasteiger partial charge in [0, 0.05) is 18.6 Å². The number of aryl methyl sites for hydroxylation is 1. The molecule has 1 saturated heterocycles. The molecule has 1 atom stereocenters. The molecule has 0 aliphatic carbocycles. The number of ether oxygens (including phenoxy) is 1. The Bertz CT molecular complexity index is 874. The molecule has 1 aliphatic heterocycles. The standard InChI is InChI=1S/C16H20N4O5S/c1-2-14-19-15(25-20-14)9-17-26(22,23)13-5-3-4-11(8-13)16(21)18-12-6-7-24-10-12/h3-5,8,12,17H,2,6-7,9-10H2,1H3,(H,18,21)/t12-/m0/s1. The second kappa shape index (κ2) is 7.94. The molecule has 0 bridgehead atoms. The van der Waals surface area contributed by atoms with E-state index in [4.69, 9.17) is 9.26 Å². The molecule has 0 unspecified atom stereocenters. The molecule has 0 spiro atoms. The zero-order valence-corrected chi connectivity index (χ0v) is 15.1. The summed E-state index contributed by atoms with van der Waals surface area (Å²) in [7, 11) is -3.82. The maximum Gasteiger partial charge on any atom is 0.251 e. The van der Waals surface area contributed by atoms with Crippen molar-refractivity contribution in [2.24, 2.45) is 0 Å². The van der Waals surface area contributed by atoms with E-state index in [1.54, 1.807) is 6.07 Å². The molecule has 2 heterocycles. The maximum atomic E-state index is 12.4. The van der Waals surface area contributed by atoms with Crippen molar-refractivity contribution in [3.63, 3.8) is 0 Å². The average Bonchev–Trinajstić information content (AvgIpc) is 3.31. The number of nitrogens with one attached hydrogen (secondary N) is 2. The molecule has 1 aromatic carbocycles. The first-order valence-electron chi connectivity index (χ1n) is 8.27. The van der Waals surface area contributed by atoms with Crippen LogP contribution in [0.3, 0.4) is 0 Å². The molecular formula is C16H20N4O5S. The Morgan fingerprint density at radius 1 is 1.38 bits per heavy atom. The van der Waals surface area contributed by atoms with Crippen molar-refractivity contribution in [1.82, 2.24) is 20.2 Å². The number of sulfonamides is 1. The fourth-order valence-electron chi connectivity index (χ4n) is 2.47. The van der Waals surface area contributed by atoms with Gasteiger partial charge >= 0.3 is 0 Å². The minimum Gasteiger partial charge on any atom is -0.379 e. The van der Waals surface area contributed by atoms with E-state index in [-0.39, 0.29) is 34.8 Å². The lowest BCUT2D eigenvalue weighted by Gasteiger charge is -2.11. The monoisotopic (exact) mass is 380 g/mol. The normalized spacial score (nSPS) is 17.3. The number of rotatable bonds is 7. The molecule has 10 heteroatoms. The third kappa shape index (κ3) is 4.45. The van der Waals surface area contributed by atoms with E-state index in [0.717, 1.165) is 6.42 Å². The van der Waals surface area contributed by atoms with Gasteiger partial charge in [0.15, 0.2) is 5.82 Å². The zero-order valence-electron chi connectivity index (χ0n) is 14.3. The molecule has 1 fully saturated rings. The molecule has 1 aliphatic rings. The van der Waals surface area contributed by atoms with E-state index in [1.165, 1.54) is 18.2 Å². The van der Waals surface area contributed by atoms with Crippen molar-refractivity contribution in [2.75, 3.05) is 13.2 Å². The first-order valence-corrected chi connectivity index (χ1v) is 9.76. The van der Waals surface area contributed by atoms with Crippen LogP contribution in [0.25, 0.3) is 0 Å². The van der Waals surface area contributed by atoms with Crippen LogP contribution >= 0.6 is 0 Å². The summed E-state index contributed by atoms with van der Waals surface area (Å²) in [6.07, 6.45) is 1.34. The van der Waals surface area contributed by atoms with Gasteiger partial charge in [0.1, 0.15) is 0 Å². The Kier molecular flexibility index (Phi) is 5.64. The van der Waals surface area contributed by atoms with E-state index >= 15 is 0 Å². The van der Waals surface area contributed by atoms with E-state index < -0.39 is 10.0 Å². The third-order valence-corrected chi connectivity index (χ3v) is 5.31. The van der Waals surface area contributed by atoms with Crippen molar-refractivity contribution >= 4 is 15.9 Å². The number of carbonyl (C=O) groups is 1. The lowest BCUT2D eigenvalue weighted by Crippen LogP contribution is -2.35. The second-order valence-electron chi connectivity index (χ2n) is 5.84. The minimum atomic E-state index is -3.82. The average molecular weight is 380 g/mol. The van der Waals surface area contributed by atoms with Crippen LogP contribution in [0.15, 0.2) is 33.7 Å². The molecule has 0 saturated carbocycles. The number of hydrogen-bond acceptors (Lipinski definition) is 7. The fraction of sp³-hybridized carbons (Fsp3) is 0.438. The summed E-state index contributed by atoms with van der Waals surface area (Å²) in [5.41, 5.74) is 0.269. The quantitative estimate of drug-likeness (QED) is 0.722. The molecular weight excluding hydrogens is 360 g/mol. The predicted molar refractivity (Wildman–Crippen MR) is 90.8 cm³/mol. The highest BCUT2D eigenvalue weighted by molar-refractivity contribution is 7.89. The highest BCUT2D eigenvalue weighted by atomic mass is 32.2. The molecule has 9 nitrogen and oxygen atoms in total. The first-order chi connectivity index (χ1) is 12.5. The van der Waals surface area contributed by atoms with E-state index in [9.17, 15) is 13.2 Å². The lowest BCUT2D eigenvalue weighted by molar-refractivity contribution is 0.0929. The molecule has 1 aromatic heterocycles. The topological polar surface area (TPSA) is 123 Å². The van der Waals surface area contributed by atoms with Crippen LogP contribution in [0.1, 0.15) is 35.4 Å². The van der Waals surface area contributed by atoms with Crippen molar-refractivity contribution in [3.05, 3.63) is 41.5 Å². The Morgan fingerprint density at radius 2 is 2.23 bits per heavy atom. The van der Waals surface area contributed by atoms with Gasteiger partial charge in [-0.25, -0.2) is 13.1 Å². The number of carbonyl (C=O) groups excluding carboxylic acids is 1. The van der Waals surface area contributed by atoms with Gasteiger partial charge in [-0.2, -0.15) is 4.98 Å². The van der Waals surface area contributed by atoms with Crippen molar-refractivity contribution in [3.8, 4) is 0 Å². The fourth-order valence-corrected chi connectivity index (χ4v) is 3.49. The summed E-state index contributed by atoms with van der Waals surface area (Å²) in [5, 5.41) is 6.54. The summed E-state index contributed by atoms with van der Waals surface area (Å²) < 4.78 is 37.5. The van der Waals surface area contributed by atoms with Gasteiger partial charge in [0.25, 0.3) is 5.91 Å². The van der Waals surface area contributed by atoms with Gasteiger partial charge in [-0.15, -0.1) is 0 Å².